The Kier molecular flexibility index (Phi) is 1.66. The molecule has 0 spiro atoms. The lowest BCUT2D eigenvalue weighted by Gasteiger charge is -2.10. The molecule has 1 amide bonds. The van der Waals surface area contributed by atoms with Gasteiger partial charge in [0.25, 0.3) is 5.56 Å². The Bertz CT molecular complexity index is 452. The molecule has 0 unspecified atom stereocenters. The average molecular weight is 195 g/mol. The van der Waals surface area contributed by atoms with Gasteiger partial charge in [-0.05, 0) is 0 Å². The fourth-order valence-corrected chi connectivity index (χ4v) is 1.33. The van der Waals surface area contributed by atoms with Gasteiger partial charge in [-0.25, -0.2) is 0 Å². The smallest absolute Gasteiger partial charge is 0.277 e. The van der Waals surface area contributed by atoms with Gasteiger partial charge in [0.15, 0.2) is 5.82 Å². The summed E-state index contributed by atoms with van der Waals surface area (Å²) < 4.78 is 0. The van der Waals surface area contributed by atoms with Gasteiger partial charge < -0.3 is 11.1 Å². The van der Waals surface area contributed by atoms with Crippen molar-refractivity contribution in [3.63, 3.8) is 0 Å². The quantitative estimate of drug-likeness (QED) is 0.497. The number of aromatic amines is 1. The van der Waals surface area contributed by atoms with Crippen LogP contribution < -0.4 is 21.5 Å². The van der Waals surface area contributed by atoms with Crippen molar-refractivity contribution in [1.29, 1.82) is 0 Å². The first kappa shape index (κ1) is 8.54. The Balaban J connectivity index is 2.60. The number of nitrogen functional groups attached to an aromatic ring is 1. The molecule has 14 heavy (non-hydrogen) atoms. The van der Waals surface area contributed by atoms with Gasteiger partial charge in [-0.15, -0.1) is 0 Å². The normalized spacial score (nSPS) is 13.6. The van der Waals surface area contributed by atoms with E-state index in [2.05, 4.69) is 15.3 Å². The van der Waals surface area contributed by atoms with Crippen LogP contribution in [0.25, 0.3) is 0 Å². The lowest BCUT2D eigenvalue weighted by atomic mass is 10.4. The predicted octanol–water partition coefficient (Wildman–Crippen LogP) is -0.912. The maximum absolute atomic E-state index is 11.3. The molecule has 0 saturated carbocycles. The van der Waals surface area contributed by atoms with E-state index in [0.717, 1.165) is 0 Å². The van der Waals surface area contributed by atoms with Crippen LogP contribution in [0, 0.1) is 0 Å². The van der Waals surface area contributed by atoms with Crippen molar-refractivity contribution >= 4 is 23.4 Å². The highest BCUT2D eigenvalue weighted by Gasteiger charge is 2.26. The minimum atomic E-state index is -0.365. The molecule has 0 radical (unpaired) electrons. The summed E-state index contributed by atoms with van der Waals surface area (Å²) in [5.74, 6) is 0.108. The maximum atomic E-state index is 11.3. The van der Waals surface area contributed by atoms with Crippen LogP contribution in [0.5, 0.6) is 0 Å². The second kappa shape index (κ2) is 2.72. The number of rotatable bonds is 0. The number of fused-ring (bicyclic) bond motifs is 1. The summed E-state index contributed by atoms with van der Waals surface area (Å²) in [6.07, 6.45) is 0. The van der Waals surface area contributed by atoms with E-state index in [1.54, 1.807) is 0 Å². The molecule has 2 rings (SSSR count). The molecular formula is C7H9N5O2. The number of hydrogen-bond acceptors (Lipinski definition) is 5. The maximum Gasteiger partial charge on any atom is 0.277 e. The first-order valence-electron chi connectivity index (χ1n) is 4.01. The van der Waals surface area contributed by atoms with Gasteiger partial charge >= 0.3 is 0 Å². The summed E-state index contributed by atoms with van der Waals surface area (Å²) in [6, 6.07) is 0. The molecule has 1 aromatic heterocycles. The van der Waals surface area contributed by atoms with E-state index in [0.29, 0.717) is 5.82 Å². The summed E-state index contributed by atoms with van der Waals surface area (Å²) in [7, 11) is 0. The van der Waals surface area contributed by atoms with Crippen LogP contribution in [0.3, 0.4) is 0 Å². The first-order valence-corrected chi connectivity index (χ1v) is 4.01. The Morgan fingerprint density at radius 1 is 1.64 bits per heavy atom. The Labute approximate surface area is 78.9 Å². The summed E-state index contributed by atoms with van der Waals surface area (Å²) >= 11 is 0. The minimum absolute atomic E-state index is 0.00343. The molecule has 0 aliphatic carbocycles. The molecular weight excluding hydrogens is 186 g/mol. The van der Waals surface area contributed by atoms with Crippen LogP contribution >= 0.6 is 0 Å². The van der Waals surface area contributed by atoms with E-state index in [9.17, 15) is 9.59 Å². The van der Waals surface area contributed by atoms with E-state index < -0.39 is 0 Å². The second-order valence-corrected chi connectivity index (χ2v) is 2.93. The summed E-state index contributed by atoms with van der Waals surface area (Å²) in [5.41, 5.74) is 5.28. The highest BCUT2D eigenvalue weighted by Crippen LogP contribution is 2.24. The molecule has 74 valence electrons. The van der Waals surface area contributed by atoms with E-state index in [4.69, 9.17) is 5.73 Å². The zero-order valence-electron chi connectivity index (χ0n) is 7.50. The van der Waals surface area contributed by atoms with E-state index in [1.807, 2.05) is 0 Å². The third-order valence-corrected chi connectivity index (χ3v) is 1.97. The van der Waals surface area contributed by atoms with Crippen LogP contribution in [0.2, 0.25) is 0 Å². The van der Waals surface area contributed by atoms with E-state index in [-0.39, 0.29) is 29.8 Å². The molecule has 7 nitrogen and oxygen atoms in total. The lowest BCUT2D eigenvalue weighted by Crippen LogP contribution is -2.28. The Morgan fingerprint density at radius 3 is 3.00 bits per heavy atom. The second-order valence-electron chi connectivity index (χ2n) is 2.93. The van der Waals surface area contributed by atoms with Gasteiger partial charge in [-0.1, -0.05) is 0 Å². The highest BCUT2D eigenvalue weighted by atomic mass is 16.2. The van der Waals surface area contributed by atoms with E-state index in [1.165, 1.54) is 11.8 Å². The number of nitrogens with two attached hydrogens (primary N) is 1. The zero-order chi connectivity index (χ0) is 10.3. The van der Waals surface area contributed by atoms with Gasteiger partial charge in [-0.2, -0.15) is 4.98 Å². The SMILES string of the molecule is CC(=O)N1CNc2c1nc(N)[nH]c2=O. The van der Waals surface area contributed by atoms with Crippen molar-refractivity contribution < 1.29 is 4.79 Å². The lowest BCUT2D eigenvalue weighted by molar-refractivity contribution is -0.116. The molecule has 0 atom stereocenters. The molecule has 0 bridgehead atoms. The molecule has 1 aliphatic heterocycles. The molecule has 7 heteroatoms. The van der Waals surface area contributed by atoms with Crippen LogP contribution in [0.15, 0.2) is 4.79 Å². The zero-order valence-corrected chi connectivity index (χ0v) is 7.50. The number of anilines is 3. The number of nitrogens with one attached hydrogen (secondary N) is 2. The Morgan fingerprint density at radius 2 is 2.36 bits per heavy atom. The number of aromatic nitrogens is 2. The molecule has 0 saturated heterocycles. The fourth-order valence-electron chi connectivity index (χ4n) is 1.33. The number of carbonyl (C=O) groups is 1. The van der Waals surface area contributed by atoms with Gasteiger partial charge in [-0.3, -0.25) is 19.5 Å². The molecule has 0 aromatic carbocycles. The van der Waals surface area contributed by atoms with Crippen LogP contribution in [-0.4, -0.2) is 22.5 Å². The average Bonchev–Trinajstić information content (AvgIpc) is 2.47. The van der Waals surface area contributed by atoms with Crippen molar-refractivity contribution in [3.05, 3.63) is 10.4 Å². The number of carbonyl (C=O) groups excluding carboxylic acids is 1. The molecule has 1 aromatic rings. The van der Waals surface area contributed by atoms with E-state index >= 15 is 0 Å². The minimum Gasteiger partial charge on any atom is -0.369 e. The molecule has 2 heterocycles. The highest BCUT2D eigenvalue weighted by molar-refractivity contribution is 5.96. The van der Waals surface area contributed by atoms with Crippen LogP contribution in [0.1, 0.15) is 6.92 Å². The van der Waals surface area contributed by atoms with Gasteiger partial charge in [0, 0.05) is 6.92 Å². The monoisotopic (exact) mass is 195 g/mol. The summed E-state index contributed by atoms with van der Waals surface area (Å²) in [5, 5.41) is 2.77. The van der Waals surface area contributed by atoms with Crippen molar-refractivity contribution in [2.45, 2.75) is 6.92 Å². The molecule has 0 fully saturated rings. The molecule has 1 aliphatic rings. The third-order valence-electron chi connectivity index (χ3n) is 1.97. The van der Waals surface area contributed by atoms with Gasteiger partial charge in [0.1, 0.15) is 5.69 Å². The van der Waals surface area contributed by atoms with Crippen LogP contribution in [-0.2, 0) is 4.79 Å². The van der Waals surface area contributed by atoms with Gasteiger partial charge in [0.2, 0.25) is 11.9 Å². The fraction of sp³-hybridized carbons (Fsp3) is 0.286. The van der Waals surface area contributed by atoms with Gasteiger partial charge in [0.05, 0.1) is 6.67 Å². The molecule has 4 N–H and O–H groups in total. The van der Waals surface area contributed by atoms with Crippen molar-refractivity contribution in [3.8, 4) is 0 Å². The third kappa shape index (κ3) is 1.10. The number of H-pyrrole nitrogens is 1. The number of amides is 1. The summed E-state index contributed by atoms with van der Waals surface area (Å²) in [4.78, 5) is 30.0. The van der Waals surface area contributed by atoms with Crippen LogP contribution in [0.4, 0.5) is 17.5 Å². The van der Waals surface area contributed by atoms with Crippen molar-refractivity contribution in [1.82, 2.24) is 9.97 Å². The largest absolute Gasteiger partial charge is 0.369 e. The Hall–Kier alpha value is -2.05. The number of nitrogens with zero attached hydrogens (tertiary/aromatic N) is 2. The first-order chi connectivity index (χ1) is 6.59. The van der Waals surface area contributed by atoms with Crippen molar-refractivity contribution in [2.75, 3.05) is 22.6 Å². The topological polar surface area (TPSA) is 104 Å². The number of hydrogen-bond donors (Lipinski definition) is 3. The summed E-state index contributed by atoms with van der Waals surface area (Å²) in [6.45, 7) is 1.65. The standard InChI is InChI=1S/C7H9N5O2/c1-3(13)12-2-9-4-5(12)10-7(8)11-6(4)14/h9H,2H2,1H3,(H3,8,10,11,14). The predicted molar refractivity (Wildman–Crippen MR) is 50.9 cm³/mol. The van der Waals surface area contributed by atoms with Crippen molar-refractivity contribution in [2.24, 2.45) is 0 Å².